The summed E-state index contributed by atoms with van der Waals surface area (Å²) < 4.78 is 32.8. The highest BCUT2D eigenvalue weighted by molar-refractivity contribution is 6.10. The topological polar surface area (TPSA) is 139 Å². The molecule has 2 atom stereocenters. The van der Waals surface area contributed by atoms with Gasteiger partial charge in [-0.1, -0.05) is 66.7 Å². The molecule has 0 aromatic heterocycles. The molecule has 4 aromatic carbocycles. The number of carbonyl (C=O) groups excluding carboxylic acids is 4. The minimum Gasteiger partial charge on any atom is -0.491 e. The van der Waals surface area contributed by atoms with Gasteiger partial charge in [-0.05, 0) is 54.2 Å². The second-order valence-corrected chi connectivity index (χ2v) is 13.4. The Morgan fingerprint density at radius 3 is 2.36 bits per heavy atom. The summed E-state index contributed by atoms with van der Waals surface area (Å²) in [6, 6.07) is 26.2. The summed E-state index contributed by atoms with van der Waals surface area (Å²) >= 11 is 0. The van der Waals surface area contributed by atoms with Gasteiger partial charge in [0.25, 0.3) is 5.91 Å². The molecule has 13 heteroatoms. The van der Waals surface area contributed by atoms with Crippen molar-refractivity contribution in [2.45, 2.75) is 44.2 Å². The van der Waals surface area contributed by atoms with E-state index >= 15 is 0 Å². The minimum absolute atomic E-state index is 0.0688. The normalized spacial score (nSPS) is 19.5. The number of imide groups is 1. The SMILES string of the molecule is CNC(=O)Nc1ccc(C2(COCc3ccccc3)NC(=O)N(CC(=O)N3Cc4cc(F)ccc4OC[C@H]3C3CC3)C2=O)c(OCc2ccccc2)c1. The molecule has 1 unspecified atom stereocenters. The van der Waals surface area contributed by atoms with E-state index in [2.05, 4.69) is 16.0 Å². The first-order chi connectivity index (χ1) is 25.7. The van der Waals surface area contributed by atoms with E-state index in [4.69, 9.17) is 14.2 Å². The van der Waals surface area contributed by atoms with Gasteiger partial charge in [-0.2, -0.15) is 0 Å². The van der Waals surface area contributed by atoms with Gasteiger partial charge >= 0.3 is 12.1 Å². The third-order valence-electron chi connectivity index (χ3n) is 9.72. The number of ether oxygens (including phenoxy) is 3. The van der Waals surface area contributed by atoms with Gasteiger partial charge in [0.1, 0.15) is 37.1 Å². The van der Waals surface area contributed by atoms with Crippen molar-refractivity contribution in [3.63, 3.8) is 0 Å². The lowest BCUT2D eigenvalue weighted by Gasteiger charge is -2.31. The van der Waals surface area contributed by atoms with Gasteiger partial charge in [0, 0.05) is 36.5 Å². The highest BCUT2D eigenvalue weighted by Gasteiger charge is 2.55. The van der Waals surface area contributed by atoms with Gasteiger partial charge in [-0.3, -0.25) is 14.5 Å². The zero-order valence-corrected chi connectivity index (χ0v) is 29.2. The van der Waals surface area contributed by atoms with Gasteiger partial charge in [0.15, 0.2) is 5.54 Å². The Morgan fingerprint density at radius 2 is 1.66 bits per heavy atom. The lowest BCUT2D eigenvalue weighted by atomic mass is 9.89. The quantitative estimate of drug-likeness (QED) is 0.169. The van der Waals surface area contributed by atoms with Crippen molar-refractivity contribution in [3.8, 4) is 11.5 Å². The van der Waals surface area contributed by atoms with E-state index in [-0.39, 0.29) is 56.2 Å². The maximum absolute atomic E-state index is 14.8. The van der Waals surface area contributed by atoms with Crippen molar-refractivity contribution < 1.29 is 37.8 Å². The first kappa shape index (κ1) is 35.5. The molecule has 1 saturated heterocycles. The first-order valence-electron chi connectivity index (χ1n) is 17.5. The largest absolute Gasteiger partial charge is 0.491 e. The van der Waals surface area contributed by atoms with Gasteiger partial charge in [0.05, 0.1) is 19.3 Å². The Labute approximate surface area is 306 Å². The molecule has 274 valence electrons. The molecule has 0 bridgehead atoms. The van der Waals surface area contributed by atoms with Crippen molar-refractivity contribution >= 4 is 29.6 Å². The van der Waals surface area contributed by atoms with E-state index in [1.54, 1.807) is 29.2 Å². The molecule has 1 aliphatic carbocycles. The maximum Gasteiger partial charge on any atom is 0.325 e. The third kappa shape index (κ3) is 7.80. The molecule has 0 spiro atoms. The predicted molar refractivity (Wildman–Crippen MR) is 192 cm³/mol. The molecule has 12 nitrogen and oxygen atoms in total. The summed E-state index contributed by atoms with van der Waals surface area (Å²) in [5, 5.41) is 8.09. The number of rotatable bonds is 12. The fraction of sp³-hybridized carbons (Fsp3) is 0.300. The van der Waals surface area contributed by atoms with Crippen LogP contribution in [0.1, 0.15) is 35.1 Å². The number of carbonyl (C=O) groups is 4. The number of hydrogen-bond donors (Lipinski definition) is 3. The number of halogens is 1. The lowest BCUT2D eigenvalue weighted by Crippen LogP contribution is -2.50. The van der Waals surface area contributed by atoms with Gasteiger partial charge in [-0.15, -0.1) is 0 Å². The fourth-order valence-electron chi connectivity index (χ4n) is 6.77. The van der Waals surface area contributed by atoms with Crippen molar-refractivity contribution in [3.05, 3.63) is 125 Å². The molecule has 0 radical (unpaired) electrons. The molecular formula is C40H40FN5O7. The second kappa shape index (κ2) is 15.3. The number of urea groups is 2. The van der Waals surface area contributed by atoms with Crippen LogP contribution in [-0.4, -0.2) is 66.5 Å². The number of amides is 6. The van der Waals surface area contributed by atoms with Crippen LogP contribution in [0.5, 0.6) is 11.5 Å². The summed E-state index contributed by atoms with van der Waals surface area (Å²) in [4.78, 5) is 57.6. The number of benzene rings is 4. The second-order valence-electron chi connectivity index (χ2n) is 13.4. The molecule has 7 rings (SSSR count). The summed E-state index contributed by atoms with van der Waals surface area (Å²) in [6.07, 6.45) is 1.81. The monoisotopic (exact) mass is 721 g/mol. The van der Waals surface area contributed by atoms with Crippen molar-refractivity contribution in [1.29, 1.82) is 0 Å². The molecule has 2 heterocycles. The van der Waals surface area contributed by atoms with E-state index in [9.17, 15) is 23.6 Å². The summed E-state index contributed by atoms with van der Waals surface area (Å²) in [5.41, 5.74) is 1.06. The van der Waals surface area contributed by atoms with E-state index in [0.29, 0.717) is 17.0 Å². The zero-order valence-electron chi connectivity index (χ0n) is 29.2. The molecule has 6 amide bonds. The Balaban J connectivity index is 1.21. The summed E-state index contributed by atoms with van der Waals surface area (Å²) in [6.45, 7) is -0.325. The number of fused-ring (bicyclic) bond motifs is 1. The third-order valence-corrected chi connectivity index (χ3v) is 9.72. The summed E-state index contributed by atoms with van der Waals surface area (Å²) in [7, 11) is 1.49. The van der Waals surface area contributed by atoms with Gasteiger partial charge in [0.2, 0.25) is 5.91 Å². The average Bonchev–Trinajstić information content (AvgIpc) is 4.00. The highest BCUT2D eigenvalue weighted by atomic mass is 19.1. The van der Waals surface area contributed by atoms with E-state index in [1.807, 2.05) is 60.7 Å². The molecule has 2 fully saturated rings. The smallest absolute Gasteiger partial charge is 0.325 e. The Kier molecular flexibility index (Phi) is 10.3. The Bertz CT molecular complexity index is 1990. The Hall–Kier alpha value is -5.95. The molecular weight excluding hydrogens is 681 g/mol. The van der Waals surface area contributed by atoms with Crippen LogP contribution in [0.3, 0.4) is 0 Å². The maximum atomic E-state index is 14.8. The fourth-order valence-corrected chi connectivity index (χ4v) is 6.77. The van der Waals surface area contributed by atoms with Crippen LogP contribution in [0.4, 0.5) is 19.7 Å². The van der Waals surface area contributed by atoms with Crippen molar-refractivity contribution in [1.82, 2.24) is 20.4 Å². The van der Waals surface area contributed by atoms with E-state index in [0.717, 1.165) is 28.9 Å². The van der Waals surface area contributed by atoms with Crippen molar-refractivity contribution in [2.24, 2.45) is 5.92 Å². The molecule has 53 heavy (non-hydrogen) atoms. The van der Waals surface area contributed by atoms with Crippen LogP contribution in [0.15, 0.2) is 97.1 Å². The van der Waals surface area contributed by atoms with Crippen LogP contribution in [-0.2, 0) is 39.6 Å². The number of nitrogens with zero attached hydrogens (tertiary/aromatic N) is 2. The Morgan fingerprint density at radius 1 is 0.943 bits per heavy atom. The lowest BCUT2D eigenvalue weighted by molar-refractivity contribution is -0.142. The van der Waals surface area contributed by atoms with Crippen LogP contribution in [0.2, 0.25) is 0 Å². The van der Waals surface area contributed by atoms with Crippen LogP contribution in [0.25, 0.3) is 0 Å². The molecule has 2 aliphatic heterocycles. The van der Waals surface area contributed by atoms with Gasteiger partial charge < -0.3 is 35.1 Å². The van der Waals surface area contributed by atoms with E-state index in [1.165, 1.54) is 19.2 Å². The van der Waals surface area contributed by atoms with Crippen LogP contribution in [0, 0.1) is 11.7 Å². The standard InChI is InChI=1S/C40H40FN5O7/c1-42-38(49)43-31-15-16-32(35(19-31)52-23-27-10-6-3-7-11-27)40(25-51-22-26-8-4-2-5-9-26)37(48)46(39(50)44-40)21-36(47)45-20-29-18-30(41)14-17-34(29)53-24-33(45)28-12-13-28/h2-11,14-19,28,33H,12-13,20-25H2,1H3,(H,44,50)(H2,42,43,49)/t33-,40?/m0/s1. The zero-order chi connectivity index (χ0) is 37.0. The average molecular weight is 722 g/mol. The predicted octanol–water partition coefficient (Wildman–Crippen LogP) is 5.32. The van der Waals surface area contributed by atoms with Crippen molar-refractivity contribution in [2.75, 3.05) is 32.1 Å². The molecule has 3 aliphatic rings. The highest BCUT2D eigenvalue weighted by Crippen LogP contribution is 2.40. The first-order valence-corrected chi connectivity index (χ1v) is 17.5. The van der Waals surface area contributed by atoms with Crippen LogP contribution >= 0.6 is 0 Å². The number of anilines is 1. The van der Waals surface area contributed by atoms with E-state index < -0.39 is 41.8 Å². The van der Waals surface area contributed by atoms with Crippen LogP contribution < -0.4 is 25.4 Å². The van der Waals surface area contributed by atoms with Gasteiger partial charge in [-0.25, -0.2) is 14.0 Å². The number of hydrogen-bond acceptors (Lipinski definition) is 7. The molecule has 3 N–H and O–H groups in total. The minimum atomic E-state index is -1.81. The molecule has 1 saturated carbocycles. The molecule has 4 aromatic rings. The number of nitrogens with one attached hydrogen (secondary N) is 3. The summed E-state index contributed by atoms with van der Waals surface area (Å²) in [5.74, 6) is -0.739.